The Bertz CT molecular complexity index is 831. The van der Waals surface area contributed by atoms with Gasteiger partial charge in [-0.05, 0) is 45.4 Å². The van der Waals surface area contributed by atoms with Crippen LogP contribution in [0.2, 0.25) is 0 Å². The van der Waals surface area contributed by atoms with E-state index in [2.05, 4.69) is 25.5 Å². The summed E-state index contributed by atoms with van der Waals surface area (Å²) in [5.41, 5.74) is 1.24. The van der Waals surface area contributed by atoms with Gasteiger partial charge in [-0.2, -0.15) is 0 Å². The van der Waals surface area contributed by atoms with E-state index in [0.29, 0.717) is 0 Å². The summed E-state index contributed by atoms with van der Waals surface area (Å²) in [6.45, 7) is 6.69. The SMILES string of the molecule is CN=C(NCCc1sc(C)nc1C)NC1CCCN(Cc2c(F)cccc2F)C1. The third-order valence-electron chi connectivity index (χ3n) is 5.16. The van der Waals surface area contributed by atoms with Crippen molar-refractivity contribution < 1.29 is 8.78 Å². The van der Waals surface area contributed by atoms with Gasteiger partial charge in [0.1, 0.15) is 11.6 Å². The van der Waals surface area contributed by atoms with Gasteiger partial charge in [0.05, 0.1) is 10.7 Å². The first-order valence-electron chi connectivity index (χ1n) is 10.0. The molecular weight excluding hydrogens is 392 g/mol. The van der Waals surface area contributed by atoms with Gasteiger partial charge in [0.15, 0.2) is 5.96 Å². The molecule has 1 aromatic carbocycles. The number of benzene rings is 1. The summed E-state index contributed by atoms with van der Waals surface area (Å²) in [5, 5.41) is 7.91. The molecule has 0 aliphatic carbocycles. The average molecular weight is 422 g/mol. The summed E-state index contributed by atoms with van der Waals surface area (Å²) in [4.78, 5) is 12.2. The van der Waals surface area contributed by atoms with Crippen LogP contribution in [-0.4, -0.2) is 48.6 Å². The monoisotopic (exact) mass is 421 g/mol. The van der Waals surface area contributed by atoms with Crippen LogP contribution in [0.25, 0.3) is 0 Å². The van der Waals surface area contributed by atoms with E-state index in [4.69, 9.17) is 0 Å². The van der Waals surface area contributed by atoms with E-state index in [9.17, 15) is 8.78 Å². The molecule has 0 saturated carbocycles. The van der Waals surface area contributed by atoms with Crippen LogP contribution in [0, 0.1) is 25.5 Å². The second-order valence-corrected chi connectivity index (χ2v) is 8.70. The fourth-order valence-corrected chi connectivity index (χ4v) is 4.65. The van der Waals surface area contributed by atoms with Crippen molar-refractivity contribution in [1.82, 2.24) is 20.5 Å². The number of nitrogens with zero attached hydrogens (tertiary/aromatic N) is 3. The summed E-state index contributed by atoms with van der Waals surface area (Å²) in [6, 6.07) is 4.23. The number of guanidine groups is 1. The lowest BCUT2D eigenvalue weighted by molar-refractivity contribution is 0.188. The molecular formula is C21H29F2N5S. The molecule has 29 heavy (non-hydrogen) atoms. The van der Waals surface area contributed by atoms with Crippen molar-refractivity contribution in [2.75, 3.05) is 26.7 Å². The van der Waals surface area contributed by atoms with E-state index in [-0.39, 0.29) is 18.2 Å². The van der Waals surface area contributed by atoms with Gasteiger partial charge in [-0.3, -0.25) is 9.89 Å². The van der Waals surface area contributed by atoms with Crippen LogP contribution in [0.4, 0.5) is 8.78 Å². The van der Waals surface area contributed by atoms with Crippen LogP contribution in [0.5, 0.6) is 0 Å². The minimum Gasteiger partial charge on any atom is -0.356 e. The Hall–Kier alpha value is -2.06. The fraction of sp³-hybridized carbons (Fsp3) is 0.524. The molecule has 3 rings (SSSR count). The molecule has 0 bridgehead atoms. The fourth-order valence-electron chi connectivity index (χ4n) is 3.71. The van der Waals surface area contributed by atoms with E-state index < -0.39 is 11.6 Å². The number of rotatable bonds is 6. The highest BCUT2D eigenvalue weighted by atomic mass is 32.1. The van der Waals surface area contributed by atoms with Crippen molar-refractivity contribution in [3.05, 3.63) is 51.0 Å². The van der Waals surface area contributed by atoms with Crippen molar-refractivity contribution >= 4 is 17.3 Å². The highest BCUT2D eigenvalue weighted by molar-refractivity contribution is 7.11. The molecule has 2 heterocycles. The zero-order chi connectivity index (χ0) is 20.8. The normalized spacial score (nSPS) is 18.1. The lowest BCUT2D eigenvalue weighted by Crippen LogP contribution is -2.51. The maximum atomic E-state index is 14.0. The molecule has 1 aliphatic rings. The molecule has 1 aromatic heterocycles. The molecule has 1 fully saturated rings. The zero-order valence-corrected chi connectivity index (χ0v) is 18.1. The Balaban J connectivity index is 1.50. The van der Waals surface area contributed by atoms with Crippen molar-refractivity contribution in [3.8, 4) is 0 Å². The number of hydrogen-bond acceptors (Lipinski definition) is 4. The number of aromatic nitrogens is 1. The first kappa shape index (κ1) is 21.6. The van der Waals surface area contributed by atoms with Crippen LogP contribution >= 0.6 is 11.3 Å². The highest BCUT2D eigenvalue weighted by Crippen LogP contribution is 2.19. The predicted octanol–water partition coefficient (Wildman–Crippen LogP) is 3.41. The summed E-state index contributed by atoms with van der Waals surface area (Å²) >= 11 is 1.73. The van der Waals surface area contributed by atoms with Gasteiger partial charge >= 0.3 is 0 Å². The number of nitrogens with one attached hydrogen (secondary N) is 2. The van der Waals surface area contributed by atoms with Crippen LogP contribution in [0.15, 0.2) is 23.2 Å². The summed E-state index contributed by atoms with van der Waals surface area (Å²) in [5.74, 6) is -0.204. The highest BCUT2D eigenvalue weighted by Gasteiger charge is 2.22. The third-order valence-corrected chi connectivity index (χ3v) is 6.29. The maximum absolute atomic E-state index is 14.0. The van der Waals surface area contributed by atoms with Crippen molar-refractivity contribution in [2.24, 2.45) is 4.99 Å². The van der Waals surface area contributed by atoms with Gasteiger partial charge < -0.3 is 10.6 Å². The van der Waals surface area contributed by atoms with Gasteiger partial charge in [-0.15, -0.1) is 11.3 Å². The molecule has 5 nitrogen and oxygen atoms in total. The minimum atomic E-state index is -0.480. The number of likely N-dealkylation sites (tertiary alicyclic amines) is 1. The van der Waals surface area contributed by atoms with Gasteiger partial charge in [0.25, 0.3) is 0 Å². The third kappa shape index (κ3) is 5.96. The summed E-state index contributed by atoms with van der Waals surface area (Å²) in [6.07, 6.45) is 2.88. The molecule has 8 heteroatoms. The molecule has 1 unspecified atom stereocenters. The molecule has 0 amide bonds. The summed E-state index contributed by atoms with van der Waals surface area (Å²) in [7, 11) is 1.76. The smallest absolute Gasteiger partial charge is 0.191 e. The molecule has 2 N–H and O–H groups in total. The summed E-state index contributed by atoms with van der Waals surface area (Å²) < 4.78 is 27.9. The van der Waals surface area contributed by atoms with E-state index in [1.165, 1.54) is 23.1 Å². The maximum Gasteiger partial charge on any atom is 0.191 e. The standard InChI is InChI=1S/C21H29F2N5S/c1-14-20(29-15(2)26-14)9-10-25-21(24-3)27-16-6-5-11-28(12-16)13-17-18(22)7-4-8-19(17)23/h4,7-8,16H,5-6,9-13H2,1-3H3,(H2,24,25,27). The van der Waals surface area contributed by atoms with Gasteiger partial charge in [0, 0.05) is 49.6 Å². The Morgan fingerprint density at radius 3 is 2.72 bits per heavy atom. The van der Waals surface area contributed by atoms with E-state index >= 15 is 0 Å². The average Bonchev–Trinajstić information content (AvgIpc) is 3.01. The van der Waals surface area contributed by atoms with Crippen LogP contribution in [-0.2, 0) is 13.0 Å². The number of piperidine rings is 1. The second-order valence-electron chi connectivity index (χ2n) is 7.41. The topological polar surface area (TPSA) is 52.6 Å². The Morgan fingerprint density at radius 1 is 1.31 bits per heavy atom. The van der Waals surface area contributed by atoms with Crippen LogP contribution < -0.4 is 10.6 Å². The first-order valence-corrected chi connectivity index (χ1v) is 10.8. The molecule has 158 valence electrons. The van der Waals surface area contributed by atoms with Crippen molar-refractivity contribution in [1.29, 1.82) is 0 Å². The van der Waals surface area contributed by atoms with Gasteiger partial charge in [-0.25, -0.2) is 13.8 Å². The molecule has 0 spiro atoms. The van der Waals surface area contributed by atoms with Crippen molar-refractivity contribution in [2.45, 2.75) is 45.7 Å². The molecule has 1 aliphatic heterocycles. The number of thiazole rings is 1. The molecule has 1 saturated heterocycles. The lowest BCUT2D eigenvalue weighted by Gasteiger charge is -2.34. The van der Waals surface area contributed by atoms with Crippen molar-refractivity contribution in [3.63, 3.8) is 0 Å². The number of aliphatic imine (C=N–C) groups is 1. The van der Waals surface area contributed by atoms with E-state index in [0.717, 1.165) is 55.6 Å². The van der Waals surface area contributed by atoms with Gasteiger partial charge in [0.2, 0.25) is 0 Å². The predicted molar refractivity (Wildman–Crippen MR) is 114 cm³/mol. The zero-order valence-electron chi connectivity index (χ0n) is 17.3. The number of aryl methyl sites for hydroxylation is 2. The van der Waals surface area contributed by atoms with E-state index in [1.807, 2.05) is 13.8 Å². The quantitative estimate of drug-likeness (QED) is 0.554. The van der Waals surface area contributed by atoms with Gasteiger partial charge in [-0.1, -0.05) is 6.07 Å². The molecule has 2 aromatic rings. The molecule has 0 radical (unpaired) electrons. The van der Waals surface area contributed by atoms with Crippen LogP contribution in [0.1, 0.15) is 34.0 Å². The molecule has 1 atom stereocenters. The minimum absolute atomic E-state index is 0.144. The number of hydrogen-bond donors (Lipinski definition) is 2. The first-order chi connectivity index (χ1) is 14.0. The van der Waals surface area contributed by atoms with E-state index in [1.54, 1.807) is 18.4 Å². The Labute approximate surface area is 175 Å². The second kappa shape index (κ2) is 10.1. The lowest BCUT2D eigenvalue weighted by atomic mass is 10.0. The Kier molecular flexibility index (Phi) is 7.55. The largest absolute Gasteiger partial charge is 0.356 e. The van der Waals surface area contributed by atoms with Crippen LogP contribution in [0.3, 0.4) is 0 Å². The number of halogens is 2. The Morgan fingerprint density at radius 2 is 2.07 bits per heavy atom.